The summed E-state index contributed by atoms with van der Waals surface area (Å²) in [5.74, 6) is 0. The van der Waals surface area contributed by atoms with Crippen molar-refractivity contribution in [2.24, 2.45) is 0 Å². The molecule has 0 heteroatoms. The third kappa shape index (κ3) is 4.47. The lowest BCUT2D eigenvalue weighted by atomic mass is 9.84. The van der Waals surface area contributed by atoms with Gasteiger partial charge in [-0.25, -0.2) is 0 Å². The molecule has 0 aliphatic rings. The Balaban J connectivity index is 2.32. The molecule has 4 rings (SSSR count). The number of hydrogen-bond acceptors (Lipinski definition) is 0. The van der Waals surface area contributed by atoms with E-state index in [4.69, 9.17) is 0 Å². The van der Waals surface area contributed by atoms with Gasteiger partial charge in [0.15, 0.2) is 0 Å². The molecule has 4 aromatic carbocycles. The summed E-state index contributed by atoms with van der Waals surface area (Å²) in [4.78, 5) is 0. The minimum absolute atomic E-state index is 1.00. The van der Waals surface area contributed by atoms with E-state index >= 15 is 0 Å². The Morgan fingerprint density at radius 3 is 1.31 bits per heavy atom. The summed E-state index contributed by atoms with van der Waals surface area (Å²) in [6.07, 6.45) is 6.90. The van der Waals surface area contributed by atoms with E-state index in [-0.39, 0.29) is 0 Å². The summed E-state index contributed by atoms with van der Waals surface area (Å²) >= 11 is 0. The minimum atomic E-state index is 1.00. The van der Waals surface area contributed by atoms with E-state index in [9.17, 15) is 0 Å². The lowest BCUT2D eigenvalue weighted by Gasteiger charge is -2.19. The molecule has 0 amide bonds. The molecule has 4 aromatic rings. The molecule has 0 heterocycles. The van der Waals surface area contributed by atoms with Gasteiger partial charge in [0.25, 0.3) is 0 Å². The fourth-order valence-corrected chi connectivity index (χ4v) is 5.46. The van der Waals surface area contributed by atoms with E-state index in [1.54, 1.807) is 0 Å². The summed E-state index contributed by atoms with van der Waals surface area (Å²) in [7, 11) is 0. The fraction of sp³-hybridized carbons (Fsp3) is 0.314. The normalized spacial score (nSPS) is 12.7. The van der Waals surface area contributed by atoms with Crippen molar-refractivity contribution < 1.29 is 0 Å². The molecular formula is C35H40. The van der Waals surface area contributed by atoms with Crippen LogP contribution in [0.3, 0.4) is 0 Å². The monoisotopic (exact) mass is 460 g/mol. The molecule has 0 aliphatic carbocycles. The number of fused-ring (bicyclic) bond motifs is 1. The molecule has 0 aromatic heterocycles. The molecular weight excluding hydrogens is 420 g/mol. The summed E-state index contributed by atoms with van der Waals surface area (Å²) in [6.45, 7) is 20.2. The van der Waals surface area contributed by atoms with Crippen molar-refractivity contribution in [2.45, 2.75) is 75.2 Å². The van der Waals surface area contributed by atoms with E-state index in [2.05, 4.69) is 117 Å². The molecule has 0 fully saturated rings. The zero-order valence-corrected chi connectivity index (χ0v) is 23.1. The number of benzene rings is 4. The number of hydrogen-bond donors (Lipinski definition) is 0. The van der Waals surface area contributed by atoms with E-state index in [1.807, 2.05) is 0 Å². The zero-order valence-electron chi connectivity index (χ0n) is 23.1. The van der Waals surface area contributed by atoms with Crippen LogP contribution < -0.4 is 10.4 Å². The summed E-state index contributed by atoms with van der Waals surface area (Å²) < 4.78 is 0. The standard InChI is InChI=1S/C35H40/c1-10-12-30-31(13-11-2)35(29-19-24(6)27(9)25(7)20-29)33-16-21(3)14-15-32(33)34(30)28-17-22(4)26(8)23(5)18-28/h12-20H,10-11H2,1-9H3. The Morgan fingerprint density at radius 1 is 0.514 bits per heavy atom. The van der Waals surface area contributed by atoms with Gasteiger partial charge in [0.1, 0.15) is 0 Å². The van der Waals surface area contributed by atoms with Gasteiger partial charge in [-0.15, -0.1) is 0 Å². The quantitative estimate of drug-likeness (QED) is 0.286. The van der Waals surface area contributed by atoms with Gasteiger partial charge in [-0.2, -0.15) is 0 Å². The van der Waals surface area contributed by atoms with Crippen molar-refractivity contribution in [1.82, 2.24) is 0 Å². The van der Waals surface area contributed by atoms with Crippen molar-refractivity contribution in [1.29, 1.82) is 0 Å². The molecule has 0 nitrogen and oxygen atoms in total. The van der Waals surface area contributed by atoms with Gasteiger partial charge in [0, 0.05) is 0 Å². The average molecular weight is 461 g/mol. The molecule has 35 heavy (non-hydrogen) atoms. The average Bonchev–Trinajstić information content (AvgIpc) is 2.81. The molecule has 0 aliphatic heterocycles. The van der Waals surface area contributed by atoms with Gasteiger partial charge in [-0.3, -0.25) is 0 Å². The molecule has 0 atom stereocenters. The molecule has 0 saturated heterocycles. The molecule has 0 unspecified atom stereocenters. The first-order valence-electron chi connectivity index (χ1n) is 13.1. The van der Waals surface area contributed by atoms with Crippen molar-refractivity contribution in [3.05, 3.63) is 91.8 Å². The number of rotatable bonds is 4. The van der Waals surface area contributed by atoms with Crippen molar-refractivity contribution in [2.75, 3.05) is 0 Å². The topological polar surface area (TPSA) is 0 Å². The van der Waals surface area contributed by atoms with Crippen LogP contribution in [-0.4, -0.2) is 0 Å². The predicted molar refractivity (Wildman–Crippen MR) is 157 cm³/mol. The van der Waals surface area contributed by atoms with Crippen LogP contribution >= 0.6 is 0 Å². The SMILES string of the molecule is CCC=c1c(-c2cc(C)c(C)c(C)c2)c2ccc(C)cc2c(-c2cc(C)c(C)c(C)c2)c1=CCC. The molecule has 0 radical (unpaired) electrons. The van der Waals surface area contributed by atoms with Crippen LogP contribution in [0.25, 0.3) is 45.2 Å². The highest BCUT2D eigenvalue weighted by Crippen LogP contribution is 2.34. The predicted octanol–water partition coefficient (Wildman–Crippen LogP) is 8.71. The molecule has 0 bridgehead atoms. The minimum Gasteiger partial charge on any atom is -0.0763 e. The van der Waals surface area contributed by atoms with E-state index in [0.29, 0.717) is 0 Å². The van der Waals surface area contributed by atoms with Gasteiger partial charge in [0.05, 0.1) is 0 Å². The van der Waals surface area contributed by atoms with Crippen molar-refractivity contribution in [3.8, 4) is 22.3 Å². The highest BCUT2D eigenvalue weighted by molar-refractivity contribution is 6.06. The third-order valence-electron chi connectivity index (χ3n) is 7.79. The maximum atomic E-state index is 2.44. The summed E-state index contributed by atoms with van der Waals surface area (Å²) in [5.41, 5.74) is 14.9. The lowest BCUT2D eigenvalue weighted by Crippen LogP contribution is -2.30. The lowest BCUT2D eigenvalue weighted by molar-refractivity contribution is 1.25. The first kappa shape index (κ1) is 25.0. The summed E-state index contributed by atoms with van der Waals surface area (Å²) in [5, 5.41) is 5.45. The third-order valence-corrected chi connectivity index (χ3v) is 7.79. The first-order valence-corrected chi connectivity index (χ1v) is 13.1. The molecule has 180 valence electrons. The summed E-state index contributed by atoms with van der Waals surface area (Å²) in [6, 6.07) is 16.6. The van der Waals surface area contributed by atoms with Crippen LogP contribution in [0.4, 0.5) is 0 Å². The fourth-order valence-electron chi connectivity index (χ4n) is 5.46. The van der Waals surface area contributed by atoms with E-state index in [1.165, 1.54) is 82.4 Å². The van der Waals surface area contributed by atoms with Gasteiger partial charge < -0.3 is 0 Å². The van der Waals surface area contributed by atoms with Crippen LogP contribution in [0, 0.1) is 48.5 Å². The van der Waals surface area contributed by atoms with E-state index in [0.717, 1.165) is 12.8 Å². The zero-order chi connectivity index (χ0) is 25.4. The first-order chi connectivity index (χ1) is 16.7. The van der Waals surface area contributed by atoms with Gasteiger partial charge in [0.2, 0.25) is 0 Å². The Kier molecular flexibility index (Phi) is 7.04. The number of aryl methyl sites for hydroxylation is 5. The Morgan fingerprint density at radius 2 is 0.914 bits per heavy atom. The Bertz CT molecular complexity index is 1510. The van der Waals surface area contributed by atoms with Crippen molar-refractivity contribution >= 4 is 22.9 Å². The Labute approximate surface area is 212 Å². The maximum Gasteiger partial charge on any atom is -0.00294 e. The van der Waals surface area contributed by atoms with Crippen LogP contribution in [-0.2, 0) is 0 Å². The van der Waals surface area contributed by atoms with E-state index < -0.39 is 0 Å². The second-order valence-corrected chi connectivity index (χ2v) is 10.3. The second kappa shape index (κ2) is 9.86. The molecule has 0 spiro atoms. The Hall–Kier alpha value is -3.12. The van der Waals surface area contributed by atoms with Crippen LogP contribution in [0.1, 0.15) is 65.6 Å². The van der Waals surface area contributed by atoms with Gasteiger partial charge in [-0.05, 0) is 138 Å². The highest BCUT2D eigenvalue weighted by atomic mass is 14.2. The largest absolute Gasteiger partial charge is 0.0763 e. The van der Waals surface area contributed by atoms with Gasteiger partial charge >= 0.3 is 0 Å². The second-order valence-electron chi connectivity index (χ2n) is 10.3. The molecule has 0 N–H and O–H groups in total. The van der Waals surface area contributed by atoms with Crippen LogP contribution in [0.2, 0.25) is 0 Å². The van der Waals surface area contributed by atoms with Gasteiger partial charge in [-0.1, -0.05) is 74.0 Å². The molecule has 0 saturated carbocycles. The van der Waals surface area contributed by atoms with Crippen LogP contribution in [0.15, 0.2) is 42.5 Å². The van der Waals surface area contributed by atoms with Crippen LogP contribution in [0.5, 0.6) is 0 Å². The highest BCUT2D eigenvalue weighted by Gasteiger charge is 2.17. The maximum absolute atomic E-state index is 2.44. The smallest absolute Gasteiger partial charge is 0.00294 e. The van der Waals surface area contributed by atoms with Crippen molar-refractivity contribution in [3.63, 3.8) is 0 Å².